The Morgan fingerprint density at radius 1 is 1.22 bits per heavy atom. The molecule has 3 nitrogen and oxygen atoms in total. The number of nitrogens with one attached hydrogen (secondary N) is 2. The smallest absolute Gasteiger partial charge is 0.173 e. The standard InChI is InChI=1S/C14H21N3S/c1-12-4-6-13(7-5-12)15-14(18)17-9-3-8-16(2)10-11-17/h4-7H,3,8-11H2,1-2H3,(H,15,18)/p+1. The summed E-state index contributed by atoms with van der Waals surface area (Å²) in [6.45, 7) is 6.60. The zero-order valence-corrected chi connectivity index (χ0v) is 12.0. The monoisotopic (exact) mass is 264 g/mol. The second kappa shape index (κ2) is 6.16. The third-order valence-corrected chi connectivity index (χ3v) is 3.79. The highest BCUT2D eigenvalue weighted by atomic mass is 32.1. The van der Waals surface area contributed by atoms with Crippen LogP contribution in [0.4, 0.5) is 5.69 Å². The van der Waals surface area contributed by atoms with Gasteiger partial charge in [0.1, 0.15) is 0 Å². The van der Waals surface area contributed by atoms with Crippen LogP contribution >= 0.6 is 12.2 Å². The van der Waals surface area contributed by atoms with Gasteiger partial charge < -0.3 is 15.1 Å². The summed E-state index contributed by atoms with van der Waals surface area (Å²) in [5, 5.41) is 4.18. The second-order valence-electron chi connectivity index (χ2n) is 5.09. The molecule has 0 bridgehead atoms. The predicted molar refractivity (Wildman–Crippen MR) is 80.2 cm³/mol. The molecule has 0 amide bonds. The number of benzene rings is 1. The molecule has 1 aromatic carbocycles. The summed E-state index contributed by atoms with van der Waals surface area (Å²) >= 11 is 5.49. The number of rotatable bonds is 1. The summed E-state index contributed by atoms with van der Waals surface area (Å²) < 4.78 is 0. The van der Waals surface area contributed by atoms with Gasteiger partial charge in [0.2, 0.25) is 0 Å². The molecular formula is C14H22N3S+. The topological polar surface area (TPSA) is 19.7 Å². The molecular weight excluding hydrogens is 242 g/mol. The van der Waals surface area contributed by atoms with Crippen LogP contribution < -0.4 is 10.2 Å². The minimum atomic E-state index is 0.855. The molecule has 0 saturated carbocycles. The van der Waals surface area contributed by atoms with Gasteiger partial charge in [-0.15, -0.1) is 0 Å². The van der Waals surface area contributed by atoms with Crippen molar-refractivity contribution in [1.82, 2.24) is 4.90 Å². The van der Waals surface area contributed by atoms with Gasteiger partial charge in [-0.1, -0.05) is 17.7 Å². The van der Waals surface area contributed by atoms with E-state index < -0.39 is 0 Å². The summed E-state index contributed by atoms with van der Waals surface area (Å²) in [6, 6.07) is 8.37. The molecule has 1 aliphatic rings. The van der Waals surface area contributed by atoms with Crippen LogP contribution in [0.15, 0.2) is 24.3 Å². The van der Waals surface area contributed by atoms with Crippen molar-refractivity contribution in [2.24, 2.45) is 0 Å². The Kier molecular flexibility index (Phi) is 4.55. The van der Waals surface area contributed by atoms with E-state index in [1.54, 1.807) is 4.90 Å². The van der Waals surface area contributed by atoms with E-state index in [2.05, 4.69) is 48.5 Å². The number of thiocarbonyl (C=S) groups is 1. The third-order valence-electron chi connectivity index (χ3n) is 3.43. The van der Waals surface area contributed by atoms with Crippen molar-refractivity contribution >= 4 is 23.0 Å². The van der Waals surface area contributed by atoms with Gasteiger partial charge in [0.05, 0.1) is 26.7 Å². The van der Waals surface area contributed by atoms with Crippen LogP contribution in [-0.2, 0) is 0 Å². The first kappa shape index (κ1) is 13.3. The first-order valence-electron chi connectivity index (χ1n) is 6.59. The average molecular weight is 264 g/mol. The summed E-state index contributed by atoms with van der Waals surface area (Å²) in [7, 11) is 2.25. The zero-order valence-electron chi connectivity index (χ0n) is 11.2. The fourth-order valence-electron chi connectivity index (χ4n) is 2.18. The Morgan fingerprint density at radius 3 is 2.67 bits per heavy atom. The lowest BCUT2D eigenvalue weighted by Gasteiger charge is -2.23. The molecule has 0 aliphatic carbocycles. The van der Waals surface area contributed by atoms with E-state index in [0.29, 0.717) is 0 Å². The number of anilines is 1. The average Bonchev–Trinajstić information content (AvgIpc) is 2.57. The molecule has 1 aliphatic heterocycles. The molecule has 1 saturated heterocycles. The summed E-state index contributed by atoms with van der Waals surface area (Å²) in [5.74, 6) is 0. The van der Waals surface area contributed by atoms with E-state index in [9.17, 15) is 0 Å². The summed E-state index contributed by atoms with van der Waals surface area (Å²) in [4.78, 5) is 3.88. The number of hydrogen-bond donors (Lipinski definition) is 2. The molecule has 0 spiro atoms. The second-order valence-corrected chi connectivity index (χ2v) is 5.48. The van der Waals surface area contributed by atoms with E-state index >= 15 is 0 Å². The minimum Gasteiger partial charge on any atom is -0.343 e. The number of quaternary nitrogens is 1. The van der Waals surface area contributed by atoms with Crippen LogP contribution in [0.3, 0.4) is 0 Å². The first-order valence-corrected chi connectivity index (χ1v) is 7.00. The van der Waals surface area contributed by atoms with Gasteiger partial charge in [-0.25, -0.2) is 0 Å². The lowest BCUT2D eigenvalue weighted by atomic mass is 10.2. The number of aryl methyl sites for hydroxylation is 1. The fraction of sp³-hybridized carbons (Fsp3) is 0.500. The molecule has 98 valence electrons. The number of nitrogens with zero attached hydrogens (tertiary/aromatic N) is 1. The maximum absolute atomic E-state index is 5.49. The van der Waals surface area contributed by atoms with Crippen LogP contribution in [0.25, 0.3) is 0 Å². The van der Waals surface area contributed by atoms with Crippen LogP contribution in [0, 0.1) is 6.92 Å². The van der Waals surface area contributed by atoms with Gasteiger partial charge in [0.15, 0.2) is 5.11 Å². The van der Waals surface area contributed by atoms with Crippen molar-refractivity contribution in [2.45, 2.75) is 13.3 Å². The highest BCUT2D eigenvalue weighted by molar-refractivity contribution is 7.80. The zero-order chi connectivity index (χ0) is 13.0. The van der Waals surface area contributed by atoms with E-state index in [4.69, 9.17) is 12.2 Å². The Hall–Kier alpha value is -1.13. The molecule has 2 N–H and O–H groups in total. The van der Waals surface area contributed by atoms with E-state index in [1.165, 1.54) is 18.5 Å². The first-order chi connectivity index (χ1) is 8.65. The lowest BCUT2D eigenvalue weighted by Crippen LogP contribution is -3.09. The maximum atomic E-state index is 5.49. The molecule has 4 heteroatoms. The van der Waals surface area contributed by atoms with E-state index in [0.717, 1.165) is 30.4 Å². The predicted octanol–water partition coefficient (Wildman–Crippen LogP) is 0.912. The van der Waals surface area contributed by atoms with E-state index in [1.807, 2.05) is 0 Å². The van der Waals surface area contributed by atoms with Crippen molar-refractivity contribution in [2.75, 3.05) is 38.5 Å². The van der Waals surface area contributed by atoms with Crippen LogP contribution in [0.2, 0.25) is 0 Å². The van der Waals surface area contributed by atoms with Crippen molar-refractivity contribution in [3.05, 3.63) is 29.8 Å². The Bertz CT molecular complexity index is 402. The molecule has 18 heavy (non-hydrogen) atoms. The lowest BCUT2D eigenvalue weighted by molar-refractivity contribution is -0.877. The Morgan fingerprint density at radius 2 is 1.94 bits per heavy atom. The molecule has 1 atom stereocenters. The van der Waals surface area contributed by atoms with Crippen LogP contribution in [0.1, 0.15) is 12.0 Å². The van der Waals surface area contributed by atoms with Gasteiger partial charge in [0, 0.05) is 18.7 Å². The fourth-order valence-corrected chi connectivity index (χ4v) is 2.48. The molecule has 1 aromatic rings. The van der Waals surface area contributed by atoms with Gasteiger partial charge in [-0.3, -0.25) is 0 Å². The largest absolute Gasteiger partial charge is 0.343 e. The minimum absolute atomic E-state index is 0.855. The summed E-state index contributed by atoms with van der Waals surface area (Å²) in [5.41, 5.74) is 2.35. The molecule has 0 aromatic heterocycles. The number of hydrogen-bond acceptors (Lipinski definition) is 1. The van der Waals surface area contributed by atoms with Crippen molar-refractivity contribution in [1.29, 1.82) is 0 Å². The number of likely N-dealkylation sites (N-methyl/N-ethyl adjacent to an activating group) is 1. The van der Waals surface area contributed by atoms with Crippen molar-refractivity contribution in [3.8, 4) is 0 Å². The highest BCUT2D eigenvalue weighted by Crippen LogP contribution is 2.10. The molecule has 1 heterocycles. The Balaban J connectivity index is 1.92. The Labute approximate surface area is 115 Å². The van der Waals surface area contributed by atoms with Gasteiger partial charge in [-0.05, 0) is 31.3 Å². The van der Waals surface area contributed by atoms with Gasteiger partial charge >= 0.3 is 0 Å². The third kappa shape index (κ3) is 3.68. The molecule has 0 radical (unpaired) electrons. The molecule has 1 unspecified atom stereocenters. The van der Waals surface area contributed by atoms with Crippen LogP contribution in [-0.4, -0.2) is 43.2 Å². The normalized spacial score (nSPS) is 20.3. The van der Waals surface area contributed by atoms with Crippen molar-refractivity contribution in [3.63, 3.8) is 0 Å². The quantitative estimate of drug-likeness (QED) is 0.736. The summed E-state index contributed by atoms with van der Waals surface area (Å²) in [6.07, 6.45) is 1.21. The SMILES string of the molecule is Cc1ccc(NC(=S)N2CCC[NH+](C)CC2)cc1. The molecule has 2 rings (SSSR count). The maximum Gasteiger partial charge on any atom is 0.173 e. The van der Waals surface area contributed by atoms with Crippen LogP contribution in [0.5, 0.6) is 0 Å². The highest BCUT2D eigenvalue weighted by Gasteiger charge is 2.16. The van der Waals surface area contributed by atoms with Crippen molar-refractivity contribution < 1.29 is 4.90 Å². The van der Waals surface area contributed by atoms with Gasteiger partial charge in [0.25, 0.3) is 0 Å². The van der Waals surface area contributed by atoms with E-state index in [-0.39, 0.29) is 0 Å². The van der Waals surface area contributed by atoms with Gasteiger partial charge in [-0.2, -0.15) is 0 Å². The molecule has 1 fully saturated rings.